The van der Waals surface area contributed by atoms with E-state index >= 15 is 0 Å². The van der Waals surface area contributed by atoms with E-state index < -0.39 is 20.3 Å². The Morgan fingerprint density at radius 3 is 2.00 bits per heavy atom. The molecular weight excluding hydrogens is 446 g/mol. The van der Waals surface area contributed by atoms with Gasteiger partial charge in [-0.2, -0.15) is 0 Å². The van der Waals surface area contributed by atoms with Crippen LogP contribution in [0.4, 0.5) is 0 Å². The van der Waals surface area contributed by atoms with Gasteiger partial charge < -0.3 is 24.1 Å². The average Bonchev–Trinajstić information content (AvgIpc) is 2.76. The number of rotatable bonds is 15. The molecule has 0 aliphatic carbocycles. The third-order valence-electron chi connectivity index (χ3n) is 6.73. The molecule has 0 saturated heterocycles. The van der Waals surface area contributed by atoms with Gasteiger partial charge in [0, 0.05) is 12.0 Å². The minimum absolute atomic E-state index is 0.0535. The molecule has 0 radical (unpaired) electrons. The normalized spacial score (nSPS) is 12.3. The summed E-state index contributed by atoms with van der Waals surface area (Å²) in [7, 11) is -4.95. The predicted octanol–water partition coefficient (Wildman–Crippen LogP) is 6.71. The first-order valence-corrected chi connectivity index (χ1v) is 16.1. The van der Waals surface area contributed by atoms with Crippen molar-refractivity contribution in [1.82, 2.24) is 0 Å². The first-order chi connectivity index (χ1) is 15.0. The molecule has 0 unspecified atom stereocenters. The second-order valence-corrected chi connectivity index (χ2v) is 16.5. The highest BCUT2D eigenvalue weighted by molar-refractivity contribution is 7.81. The van der Waals surface area contributed by atoms with Crippen LogP contribution in [0.15, 0.2) is 6.07 Å². The van der Waals surface area contributed by atoms with Crippen molar-refractivity contribution in [2.24, 2.45) is 0 Å². The summed E-state index contributed by atoms with van der Waals surface area (Å²) in [4.78, 5) is 10.9. The number of hydrogen-bond donors (Lipinski definition) is 2. The Kier molecular flexibility index (Phi) is 11.6. The van der Waals surface area contributed by atoms with E-state index in [0.29, 0.717) is 49.0 Å². The number of aliphatic carboxylic acids is 1. The van der Waals surface area contributed by atoms with Gasteiger partial charge in [0.05, 0.1) is 26.3 Å². The molecule has 0 aliphatic heterocycles. The molecule has 8 heteroatoms. The number of aryl methyl sites for hydroxylation is 1. The fraction of sp³-hybridized carbons (Fsp3) is 0.708. The number of hydrogen-bond acceptors (Lipinski definition) is 5. The monoisotopic (exact) mass is 488 g/mol. The SMILES string of the molecule is CCP(=O)(CC)C(CCCCOc1c(C)cc(O)c(CCC(=O)O)c1C)P(=O)(CC)CC. The quantitative estimate of drug-likeness (QED) is 0.210. The van der Waals surface area contributed by atoms with Gasteiger partial charge in [-0.05, 0) is 81.4 Å². The summed E-state index contributed by atoms with van der Waals surface area (Å²) in [6.45, 7) is 12.0. The second-order valence-electron chi connectivity index (χ2n) is 8.53. The van der Waals surface area contributed by atoms with E-state index in [4.69, 9.17) is 9.84 Å². The molecule has 0 atom stereocenters. The Morgan fingerprint density at radius 2 is 1.53 bits per heavy atom. The lowest BCUT2D eigenvalue weighted by Gasteiger charge is -2.32. The summed E-state index contributed by atoms with van der Waals surface area (Å²) in [6.07, 6.45) is 4.82. The molecule has 0 bridgehead atoms. The number of aromatic hydroxyl groups is 1. The molecule has 2 N–H and O–H groups in total. The maximum Gasteiger partial charge on any atom is 0.303 e. The molecule has 0 fully saturated rings. The molecule has 32 heavy (non-hydrogen) atoms. The maximum absolute atomic E-state index is 13.5. The van der Waals surface area contributed by atoms with E-state index in [9.17, 15) is 19.0 Å². The Hall–Kier alpha value is -1.25. The van der Waals surface area contributed by atoms with Gasteiger partial charge >= 0.3 is 5.97 Å². The van der Waals surface area contributed by atoms with Gasteiger partial charge in [0.1, 0.15) is 11.5 Å². The lowest BCUT2D eigenvalue weighted by atomic mass is 9.99. The highest BCUT2D eigenvalue weighted by atomic mass is 31.2. The van der Waals surface area contributed by atoms with Crippen molar-refractivity contribution < 1.29 is 28.9 Å². The Bertz CT molecular complexity index is 823. The van der Waals surface area contributed by atoms with Gasteiger partial charge in [-0.25, -0.2) is 0 Å². The molecule has 6 nitrogen and oxygen atoms in total. The van der Waals surface area contributed by atoms with E-state index in [0.717, 1.165) is 24.0 Å². The summed E-state index contributed by atoms with van der Waals surface area (Å²) in [5.41, 5.74) is 2.18. The molecule has 0 aliphatic rings. The standard InChI is InChI=1S/C24H42O6P2/c1-7-31(28,8-2)23(32(29,9-3)10-4)13-11-12-16-30-24-18(5)17-21(25)20(19(24)6)14-15-22(26)27/h17,23,25H,7-16H2,1-6H3,(H,26,27). The first-order valence-electron chi connectivity index (χ1n) is 11.8. The molecule has 0 amide bonds. The number of carbonyl (C=O) groups is 1. The molecule has 1 rings (SSSR count). The van der Waals surface area contributed by atoms with Gasteiger partial charge in [-0.1, -0.05) is 27.7 Å². The Labute approximate surface area is 193 Å². The van der Waals surface area contributed by atoms with Crippen LogP contribution in [0.5, 0.6) is 11.5 Å². The smallest absolute Gasteiger partial charge is 0.303 e. The van der Waals surface area contributed by atoms with E-state index in [1.54, 1.807) is 6.07 Å². The van der Waals surface area contributed by atoms with Crippen LogP contribution in [0.2, 0.25) is 0 Å². The predicted molar refractivity (Wildman–Crippen MR) is 134 cm³/mol. The van der Waals surface area contributed by atoms with Crippen molar-refractivity contribution in [2.45, 2.75) is 79.0 Å². The van der Waals surface area contributed by atoms with Crippen LogP contribution in [-0.2, 0) is 20.3 Å². The lowest BCUT2D eigenvalue weighted by molar-refractivity contribution is -0.136. The van der Waals surface area contributed by atoms with Gasteiger partial charge in [0.15, 0.2) is 0 Å². The van der Waals surface area contributed by atoms with Crippen molar-refractivity contribution in [3.05, 3.63) is 22.8 Å². The van der Waals surface area contributed by atoms with Crippen LogP contribution in [0, 0.1) is 13.8 Å². The fourth-order valence-electron chi connectivity index (χ4n) is 4.50. The number of ether oxygens (including phenoxy) is 1. The molecular formula is C24H42O6P2. The van der Waals surface area contributed by atoms with Crippen molar-refractivity contribution >= 4 is 20.3 Å². The van der Waals surface area contributed by atoms with Crippen molar-refractivity contribution in [3.8, 4) is 11.5 Å². The Morgan fingerprint density at radius 1 is 1.00 bits per heavy atom. The van der Waals surface area contributed by atoms with Crippen LogP contribution >= 0.6 is 14.3 Å². The van der Waals surface area contributed by atoms with Crippen LogP contribution in [-0.4, -0.2) is 52.8 Å². The van der Waals surface area contributed by atoms with E-state index in [1.165, 1.54) is 0 Å². The van der Waals surface area contributed by atoms with E-state index in [1.807, 2.05) is 41.5 Å². The van der Waals surface area contributed by atoms with Gasteiger partial charge in [0.25, 0.3) is 0 Å². The summed E-state index contributed by atoms with van der Waals surface area (Å²) in [5.74, 6) is -0.129. The minimum Gasteiger partial charge on any atom is -0.508 e. The van der Waals surface area contributed by atoms with E-state index in [-0.39, 0.29) is 24.0 Å². The third-order valence-corrected chi connectivity index (χ3v) is 16.2. The molecule has 0 aromatic heterocycles. The lowest BCUT2D eigenvalue weighted by Crippen LogP contribution is -2.16. The van der Waals surface area contributed by atoms with Crippen LogP contribution < -0.4 is 4.74 Å². The largest absolute Gasteiger partial charge is 0.508 e. The number of phenols is 1. The zero-order chi connectivity index (χ0) is 24.5. The van der Waals surface area contributed by atoms with Gasteiger partial charge in [0.2, 0.25) is 0 Å². The summed E-state index contributed by atoms with van der Waals surface area (Å²) in [5, 5.41) is 19.0. The summed E-state index contributed by atoms with van der Waals surface area (Å²) >= 11 is 0. The van der Waals surface area contributed by atoms with Gasteiger partial charge in [-0.3, -0.25) is 4.79 Å². The van der Waals surface area contributed by atoms with Crippen LogP contribution in [0.1, 0.15) is 70.1 Å². The number of unbranched alkanes of at least 4 members (excludes halogenated alkanes) is 1. The molecule has 0 saturated carbocycles. The molecule has 1 aromatic rings. The number of benzene rings is 1. The Balaban J connectivity index is 2.85. The molecule has 1 aromatic carbocycles. The topological polar surface area (TPSA) is 101 Å². The number of carboxylic acids is 1. The molecule has 0 spiro atoms. The van der Waals surface area contributed by atoms with Gasteiger partial charge in [-0.15, -0.1) is 0 Å². The van der Waals surface area contributed by atoms with Crippen molar-refractivity contribution in [1.29, 1.82) is 0 Å². The maximum atomic E-state index is 13.5. The minimum atomic E-state index is -2.48. The summed E-state index contributed by atoms with van der Waals surface area (Å²) in [6, 6.07) is 1.62. The van der Waals surface area contributed by atoms with Crippen molar-refractivity contribution in [3.63, 3.8) is 0 Å². The number of phenolic OH excluding ortho intramolecular Hbond substituents is 1. The zero-order valence-electron chi connectivity index (χ0n) is 20.6. The van der Waals surface area contributed by atoms with Crippen LogP contribution in [0.3, 0.4) is 0 Å². The van der Waals surface area contributed by atoms with Crippen molar-refractivity contribution in [2.75, 3.05) is 31.3 Å². The number of carboxylic acid groups (broad SMARTS) is 1. The molecule has 184 valence electrons. The summed E-state index contributed by atoms with van der Waals surface area (Å²) < 4.78 is 33.0. The second kappa shape index (κ2) is 12.8. The molecule has 0 heterocycles. The van der Waals surface area contributed by atoms with Crippen LogP contribution in [0.25, 0.3) is 0 Å². The first kappa shape index (κ1) is 28.8. The highest BCUT2D eigenvalue weighted by Gasteiger charge is 2.40. The average molecular weight is 489 g/mol. The zero-order valence-corrected chi connectivity index (χ0v) is 22.4. The fourth-order valence-corrected chi connectivity index (χ4v) is 13.4. The van der Waals surface area contributed by atoms with E-state index in [2.05, 4.69) is 0 Å². The third kappa shape index (κ3) is 7.12. The highest BCUT2D eigenvalue weighted by Crippen LogP contribution is 2.69.